The number of pyridine rings is 1. The number of nitrogens with zero attached hydrogens (tertiary/aromatic N) is 2. The zero-order valence-electron chi connectivity index (χ0n) is 17.3. The van der Waals surface area contributed by atoms with Crippen LogP contribution in [0.2, 0.25) is 0 Å². The van der Waals surface area contributed by atoms with Crippen molar-refractivity contribution < 1.29 is 9.18 Å². The number of benzene rings is 3. The van der Waals surface area contributed by atoms with Crippen LogP contribution >= 0.6 is 0 Å². The van der Waals surface area contributed by atoms with Gasteiger partial charge in [-0.1, -0.05) is 42.5 Å². The summed E-state index contributed by atoms with van der Waals surface area (Å²) in [5.41, 5.74) is 5.77. The van der Waals surface area contributed by atoms with E-state index in [1.165, 1.54) is 6.07 Å². The molecule has 156 valence electrons. The number of amides is 1. The molecule has 2 aromatic heterocycles. The molecule has 6 rings (SSSR count). The second kappa shape index (κ2) is 7.31. The highest BCUT2D eigenvalue weighted by atomic mass is 19.1. The zero-order chi connectivity index (χ0) is 21.7. The van der Waals surface area contributed by atoms with Crippen molar-refractivity contribution in [2.75, 3.05) is 5.32 Å². The number of aromatic nitrogens is 2. The Bertz CT molecular complexity index is 1500. The Morgan fingerprint density at radius 1 is 1.00 bits per heavy atom. The van der Waals surface area contributed by atoms with E-state index >= 15 is 0 Å². The Balaban J connectivity index is 1.58. The molecule has 1 N–H and O–H groups in total. The van der Waals surface area contributed by atoms with Gasteiger partial charge in [-0.25, -0.2) is 4.39 Å². The third kappa shape index (κ3) is 3.05. The van der Waals surface area contributed by atoms with E-state index < -0.39 is 0 Å². The summed E-state index contributed by atoms with van der Waals surface area (Å²) in [5, 5.41) is 5.18. The van der Waals surface area contributed by atoms with E-state index in [-0.39, 0.29) is 17.6 Å². The van der Waals surface area contributed by atoms with E-state index in [9.17, 15) is 9.18 Å². The van der Waals surface area contributed by atoms with Gasteiger partial charge in [0.1, 0.15) is 5.82 Å². The number of anilines is 1. The minimum atomic E-state index is -0.243. The van der Waals surface area contributed by atoms with Crippen LogP contribution in [0.4, 0.5) is 10.1 Å². The molecule has 1 aliphatic heterocycles. The molecule has 0 unspecified atom stereocenters. The molecule has 5 aromatic rings. The molecule has 1 atom stereocenters. The fourth-order valence-electron chi connectivity index (χ4n) is 4.90. The molecule has 3 aromatic carbocycles. The van der Waals surface area contributed by atoms with Gasteiger partial charge in [0.15, 0.2) is 0 Å². The zero-order valence-corrected chi connectivity index (χ0v) is 17.3. The molecule has 1 amide bonds. The number of fused-ring (bicyclic) bond motifs is 1. The van der Waals surface area contributed by atoms with Crippen molar-refractivity contribution in [1.29, 1.82) is 0 Å². The van der Waals surface area contributed by atoms with Crippen LogP contribution in [0.5, 0.6) is 0 Å². The summed E-state index contributed by atoms with van der Waals surface area (Å²) in [6.07, 6.45) is 4.25. The Hall–Kier alpha value is -3.99. The monoisotopic (exact) mass is 421 g/mol. The van der Waals surface area contributed by atoms with Gasteiger partial charge in [-0.05, 0) is 47.0 Å². The van der Waals surface area contributed by atoms with E-state index in [0.717, 1.165) is 44.2 Å². The topological polar surface area (TPSA) is 46.9 Å². The first kappa shape index (κ1) is 18.8. The number of rotatable bonds is 3. The first-order valence-electron chi connectivity index (χ1n) is 10.7. The number of nitrogens with one attached hydrogen (secondary N) is 1. The molecule has 0 bridgehead atoms. The summed E-state index contributed by atoms with van der Waals surface area (Å²) in [5.74, 6) is -0.384. The van der Waals surface area contributed by atoms with Crippen LogP contribution in [0.15, 0.2) is 85.2 Å². The standard InChI is InChI=1S/C27H20FN3O/c28-19-8-1-5-17(13-19)15-31-16-22-21(20-9-2-6-18-7-4-12-29-27(18)20)14-25(32)30-23-10-3-11-24(31)26(22)23/h1-13,16,21H,14-15H2,(H,30,32)/t21-/m0/s1. The second-order valence-corrected chi connectivity index (χ2v) is 8.27. The highest BCUT2D eigenvalue weighted by molar-refractivity contribution is 6.06. The largest absolute Gasteiger partial charge is 0.343 e. The molecule has 0 fully saturated rings. The quantitative estimate of drug-likeness (QED) is 0.397. The first-order valence-corrected chi connectivity index (χ1v) is 10.7. The van der Waals surface area contributed by atoms with Gasteiger partial charge in [-0.2, -0.15) is 0 Å². The number of hydrogen-bond donors (Lipinski definition) is 1. The van der Waals surface area contributed by atoms with E-state index in [1.54, 1.807) is 18.3 Å². The number of carbonyl (C=O) groups is 1. The van der Waals surface area contributed by atoms with Crippen LogP contribution in [-0.4, -0.2) is 15.5 Å². The molecule has 32 heavy (non-hydrogen) atoms. The van der Waals surface area contributed by atoms with E-state index in [0.29, 0.717) is 13.0 Å². The number of carbonyl (C=O) groups excluding carboxylic acids is 1. The molecule has 0 aliphatic carbocycles. The fourth-order valence-corrected chi connectivity index (χ4v) is 4.90. The maximum atomic E-state index is 13.8. The maximum Gasteiger partial charge on any atom is 0.225 e. The highest BCUT2D eigenvalue weighted by Crippen LogP contribution is 2.42. The van der Waals surface area contributed by atoms with Crippen LogP contribution in [0, 0.1) is 5.82 Å². The molecule has 0 saturated heterocycles. The summed E-state index contributed by atoms with van der Waals surface area (Å²) in [4.78, 5) is 17.5. The van der Waals surface area contributed by atoms with Gasteiger partial charge in [0, 0.05) is 42.0 Å². The Morgan fingerprint density at radius 2 is 1.84 bits per heavy atom. The Kier molecular flexibility index (Phi) is 4.28. The maximum absolute atomic E-state index is 13.8. The lowest BCUT2D eigenvalue weighted by Crippen LogP contribution is -2.14. The van der Waals surface area contributed by atoms with Crippen molar-refractivity contribution in [3.8, 4) is 0 Å². The molecular weight excluding hydrogens is 401 g/mol. The molecule has 3 heterocycles. The van der Waals surface area contributed by atoms with Gasteiger partial charge in [-0.3, -0.25) is 9.78 Å². The van der Waals surface area contributed by atoms with E-state index in [2.05, 4.69) is 33.2 Å². The van der Waals surface area contributed by atoms with Crippen LogP contribution in [0.3, 0.4) is 0 Å². The number of hydrogen-bond acceptors (Lipinski definition) is 2. The minimum absolute atomic E-state index is 0.0108. The average Bonchev–Trinajstić information content (AvgIpc) is 3.09. The molecule has 5 heteroatoms. The Labute approximate surface area is 184 Å². The minimum Gasteiger partial charge on any atom is -0.343 e. The van der Waals surface area contributed by atoms with Gasteiger partial charge in [0.05, 0.1) is 16.7 Å². The highest BCUT2D eigenvalue weighted by Gasteiger charge is 2.29. The van der Waals surface area contributed by atoms with Crippen molar-refractivity contribution in [1.82, 2.24) is 9.55 Å². The molecule has 0 spiro atoms. The van der Waals surface area contributed by atoms with Crippen molar-refractivity contribution in [2.45, 2.75) is 18.9 Å². The number of halogens is 1. The van der Waals surface area contributed by atoms with Crippen LogP contribution in [0.1, 0.15) is 29.0 Å². The van der Waals surface area contributed by atoms with Gasteiger partial charge in [-0.15, -0.1) is 0 Å². The lowest BCUT2D eigenvalue weighted by atomic mass is 9.87. The SMILES string of the molecule is O=C1C[C@@H](c2cccc3cccnc23)c2cn(Cc3cccc(F)c3)c3cccc(c23)N1. The molecule has 0 radical (unpaired) electrons. The lowest BCUT2D eigenvalue weighted by Gasteiger charge is -2.16. The lowest BCUT2D eigenvalue weighted by molar-refractivity contribution is -0.116. The molecule has 0 saturated carbocycles. The molecular formula is C27H20FN3O. The summed E-state index contributed by atoms with van der Waals surface area (Å²) in [6.45, 7) is 0.548. The summed E-state index contributed by atoms with van der Waals surface area (Å²) >= 11 is 0. The number of para-hydroxylation sites is 1. The fraction of sp³-hybridized carbons (Fsp3) is 0.111. The van der Waals surface area contributed by atoms with Crippen LogP contribution in [0.25, 0.3) is 21.8 Å². The molecule has 4 nitrogen and oxygen atoms in total. The predicted octanol–water partition coefficient (Wildman–Crippen LogP) is 5.85. The van der Waals surface area contributed by atoms with Gasteiger partial charge in [0.2, 0.25) is 5.91 Å². The summed E-state index contributed by atoms with van der Waals surface area (Å²) in [6, 6.07) is 22.7. The average molecular weight is 421 g/mol. The van der Waals surface area contributed by atoms with Crippen molar-refractivity contribution >= 4 is 33.4 Å². The first-order chi connectivity index (χ1) is 15.7. The predicted molar refractivity (Wildman–Crippen MR) is 124 cm³/mol. The summed E-state index contributed by atoms with van der Waals surface area (Å²) < 4.78 is 15.9. The third-order valence-electron chi connectivity index (χ3n) is 6.26. The smallest absolute Gasteiger partial charge is 0.225 e. The normalized spacial score (nSPS) is 15.7. The van der Waals surface area contributed by atoms with E-state index in [4.69, 9.17) is 0 Å². The van der Waals surface area contributed by atoms with Crippen molar-refractivity contribution in [3.05, 3.63) is 108 Å². The van der Waals surface area contributed by atoms with Crippen LogP contribution in [-0.2, 0) is 11.3 Å². The van der Waals surface area contributed by atoms with Gasteiger partial charge < -0.3 is 9.88 Å². The van der Waals surface area contributed by atoms with Crippen molar-refractivity contribution in [3.63, 3.8) is 0 Å². The van der Waals surface area contributed by atoms with Crippen molar-refractivity contribution in [2.24, 2.45) is 0 Å². The van der Waals surface area contributed by atoms with Crippen LogP contribution < -0.4 is 5.32 Å². The van der Waals surface area contributed by atoms with Gasteiger partial charge >= 0.3 is 0 Å². The summed E-state index contributed by atoms with van der Waals surface area (Å²) in [7, 11) is 0. The second-order valence-electron chi connectivity index (χ2n) is 8.27. The van der Waals surface area contributed by atoms with Gasteiger partial charge in [0.25, 0.3) is 0 Å². The van der Waals surface area contributed by atoms with E-state index in [1.807, 2.05) is 42.5 Å². The third-order valence-corrected chi connectivity index (χ3v) is 6.26. The molecule has 1 aliphatic rings. The Morgan fingerprint density at radius 3 is 2.75 bits per heavy atom.